The zero-order chi connectivity index (χ0) is 15.4. The van der Waals surface area contributed by atoms with E-state index in [0.717, 1.165) is 17.7 Å². The fourth-order valence-corrected chi connectivity index (χ4v) is 2.96. The lowest BCUT2D eigenvalue weighted by Gasteiger charge is -2.43. The highest BCUT2D eigenvalue weighted by Gasteiger charge is 2.38. The molecule has 1 aliphatic heterocycles. The highest BCUT2D eigenvalue weighted by atomic mass is 16.7. The maximum atomic E-state index is 6.14. The Morgan fingerprint density at radius 3 is 2.57 bits per heavy atom. The molecule has 2 rings (SSSR count). The molecule has 0 spiro atoms. The Hall–Kier alpha value is -1.19. The standard InChI is InChI=1S/C18H27NO2/c1-6-16-9-8-15(10-19-16)11-20-18-14(5)12(3)13(4)17(7-2)21-18/h6,8-10,12-14,17-18H,1,7,11H2,2-5H3/t12-,13-,14?,17?,18+/m0/s1. The molecular weight excluding hydrogens is 262 g/mol. The van der Waals surface area contributed by atoms with Gasteiger partial charge in [0.25, 0.3) is 0 Å². The van der Waals surface area contributed by atoms with Crippen LogP contribution >= 0.6 is 0 Å². The van der Waals surface area contributed by atoms with E-state index in [9.17, 15) is 0 Å². The van der Waals surface area contributed by atoms with Gasteiger partial charge in [-0.2, -0.15) is 0 Å². The highest BCUT2D eigenvalue weighted by Crippen LogP contribution is 2.36. The number of ether oxygens (including phenoxy) is 2. The Morgan fingerprint density at radius 1 is 1.24 bits per heavy atom. The summed E-state index contributed by atoms with van der Waals surface area (Å²) in [6.07, 6.45) is 4.79. The lowest BCUT2D eigenvalue weighted by atomic mass is 9.78. The summed E-state index contributed by atoms with van der Waals surface area (Å²) >= 11 is 0. The Kier molecular flexibility index (Phi) is 5.54. The van der Waals surface area contributed by atoms with Crippen molar-refractivity contribution in [3.63, 3.8) is 0 Å². The minimum atomic E-state index is -0.125. The molecule has 1 aromatic heterocycles. The van der Waals surface area contributed by atoms with E-state index in [4.69, 9.17) is 9.47 Å². The Labute approximate surface area is 128 Å². The van der Waals surface area contributed by atoms with Crippen LogP contribution in [-0.4, -0.2) is 17.4 Å². The summed E-state index contributed by atoms with van der Waals surface area (Å²) in [5.41, 5.74) is 1.95. The largest absolute Gasteiger partial charge is 0.349 e. The number of rotatable bonds is 5. The van der Waals surface area contributed by atoms with E-state index in [2.05, 4.69) is 39.3 Å². The molecule has 0 radical (unpaired) electrons. The van der Waals surface area contributed by atoms with Gasteiger partial charge < -0.3 is 9.47 Å². The van der Waals surface area contributed by atoms with E-state index in [1.54, 1.807) is 6.08 Å². The van der Waals surface area contributed by atoms with Crippen LogP contribution in [0.2, 0.25) is 0 Å². The third-order valence-corrected chi connectivity index (χ3v) is 4.86. The summed E-state index contributed by atoms with van der Waals surface area (Å²) in [5, 5.41) is 0. The second kappa shape index (κ2) is 7.19. The second-order valence-corrected chi connectivity index (χ2v) is 6.13. The summed E-state index contributed by atoms with van der Waals surface area (Å²) in [5.74, 6) is 1.59. The van der Waals surface area contributed by atoms with E-state index in [1.807, 2.05) is 18.3 Å². The molecule has 1 aromatic rings. The molecule has 1 aliphatic rings. The van der Waals surface area contributed by atoms with Crippen molar-refractivity contribution in [1.29, 1.82) is 0 Å². The van der Waals surface area contributed by atoms with Crippen molar-refractivity contribution in [2.24, 2.45) is 17.8 Å². The molecule has 2 heterocycles. The van der Waals surface area contributed by atoms with Crippen LogP contribution < -0.4 is 0 Å². The normalized spacial score (nSPS) is 32.9. The zero-order valence-corrected chi connectivity index (χ0v) is 13.6. The highest BCUT2D eigenvalue weighted by molar-refractivity contribution is 5.41. The van der Waals surface area contributed by atoms with Gasteiger partial charge in [-0.3, -0.25) is 4.98 Å². The van der Waals surface area contributed by atoms with Crippen LogP contribution in [0.5, 0.6) is 0 Å². The predicted octanol–water partition coefficient (Wildman–Crippen LogP) is 4.28. The molecule has 5 atom stereocenters. The van der Waals surface area contributed by atoms with E-state index in [-0.39, 0.29) is 6.29 Å². The SMILES string of the molecule is C=Cc1ccc(CO[C@@H]2OC(CC)[C@@H](C)[C@H](C)C2C)cn1. The van der Waals surface area contributed by atoms with Crippen molar-refractivity contribution in [2.75, 3.05) is 0 Å². The van der Waals surface area contributed by atoms with Gasteiger partial charge in [0.05, 0.1) is 18.4 Å². The van der Waals surface area contributed by atoms with Gasteiger partial charge >= 0.3 is 0 Å². The smallest absolute Gasteiger partial charge is 0.161 e. The molecule has 0 saturated carbocycles. The number of aromatic nitrogens is 1. The van der Waals surface area contributed by atoms with Crippen LogP contribution in [0.25, 0.3) is 6.08 Å². The quantitative estimate of drug-likeness (QED) is 0.810. The van der Waals surface area contributed by atoms with Crippen LogP contribution in [0.3, 0.4) is 0 Å². The van der Waals surface area contributed by atoms with Gasteiger partial charge in [0.1, 0.15) is 0 Å². The van der Waals surface area contributed by atoms with Crippen LogP contribution in [0.4, 0.5) is 0 Å². The molecule has 1 fully saturated rings. The molecule has 0 amide bonds. The molecule has 3 heteroatoms. The second-order valence-electron chi connectivity index (χ2n) is 6.13. The lowest BCUT2D eigenvalue weighted by Crippen LogP contribution is -2.45. The molecule has 0 aromatic carbocycles. The van der Waals surface area contributed by atoms with E-state index >= 15 is 0 Å². The minimum Gasteiger partial charge on any atom is -0.349 e. The first-order chi connectivity index (χ1) is 10.1. The van der Waals surface area contributed by atoms with Gasteiger partial charge in [0.15, 0.2) is 6.29 Å². The summed E-state index contributed by atoms with van der Waals surface area (Å²) in [7, 11) is 0. The van der Waals surface area contributed by atoms with Crippen molar-refractivity contribution < 1.29 is 9.47 Å². The Bertz CT molecular complexity index is 455. The Balaban J connectivity index is 1.96. The third-order valence-electron chi connectivity index (χ3n) is 4.86. The summed E-state index contributed by atoms with van der Waals surface area (Å²) in [6, 6.07) is 3.98. The van der Waals surface area contributed by atoms with Crippen molar-refractivity contribution in [3.8, 4) is 0 Å². The Morgan fingerprint density at radius 2 is 2.00 bits per heavy atom. The predicted molar refractivity (Wildman–Crippen MR) is 85.6 cm³/mol. The van der Waals surface area contributed by atoms with Crippen LogP contribution in [0.1, 0.15) is 45.4 Å². The fourth-order valence-electron chi connectivity index (χ4n) is 2.96. The van der Waals surface area contributed by atoms with Gasteiger partial charge in [0.2, 0.25) is 0 Å². The summed E-state index contributed by atoms with van der Waals surface area (Å²) in [4.78, 5) is 4.30. The van der Waals surface area contributed by atoms with Crippen LogP contribution in [0, 0.1) is 17.8 Å². The van der Waals surface area contributed by atoms with Gasteiger partial charge in [0, 0.05) is 12.1 Å². The average Bonchev–Trinajstić information content (AvgIpc) is 2.52. The monoisotopic (exact) mass is 289 g/mol. The maximum Gasteiger partial charge on any atom is 0.161 e. The van der Waals surface area contributed by atoms with Crippen molar-refractivity contribution in [3.05, 3.63) is 36.2 Å². The first-order valence-corrected chi connectivity index (χ1v) is 7.91. The van der Waals surface area contributed by atoms with Gasteiger partial charge in [-0.1, -0.05) is 40.3 Å². The minimum absolute atomic E-state index is 0.125. The molecule has 21 heavy (non-hydrogen) atoms. The van der Waals surface area contributed by atoms with Crippen molar-refractivity contribution >= 4 is 6.08 Å². The average molecular weight is 289 g/mol. The maximum absolute atomic E-state index is 6.14. The van der Waals surface area contributed by atoms with E-state index in [0.29, 0.717) is 30.5 Å². The first-order valence-electron chi connectivity index (χ1n) is 7.91. The lowest BCUT2D eigenvalue weighted by molar-refractivity contribution is -0.252. The number of pyridine rings is 1. The zero-order valence-electron chi connectivity index (χ0n) is 13.6. The number of nitrogens with zero attached hydrogens (tertiary/aromatic N) is 1. The summed E-state index contributed by atoms with van der Waals surface area (Å²) in [6.45, 7) is 13.2. The molecule has 0 N–H and O–H groups in total. The first kappa shape index (κ1) is 16.2. The third kappa shape index (κ3) is 3.72. The molecule has 116 valence electrons. The van der Waals surface area contributed by atoms with Gasteiger partial charge in [-0.15, -0.1) is 0 Å². The van der Waals surface area contributed by atoms with Crippen molar-refractivity contribution in [1.82, 2.24) is 4.98 Å². The molecule has 2 unspecified atom stereocenters. The molecule has 0 bridgehead atoms. The fraction of sp³-hybridized carbons (Fsp3) is 0.611. The molecule has 3 nitrogen and oxygen atoms in total. The number of hydrogen-bond donors (Lipinski definition) is 0. The molecule has 0 aliphatic carbocycles. The van der Waals surface area contributed by atoms with E-state index < -0.39 is 0 Å². The van der Waals surface area contributed by atoms with Gasteiger partial charge in [-0.05, 0) is 36.0 Å². The van der Waals surface area contributed by atoms with E-state index in [1.165, 1.54) is 0 Å². The summed E-state index contributed by atoms with van der Waals surface area (Å²) < 4.78 is 12.2. The molecular formula is C18H27NO2. The topological polar surface area (TPSA) is 31.4 Å². The van der Waals surface area contributed by atoms with Crippen molar-refractivity contribution in [2.45, 2.75) is 53.1 Å². The number of hydrogen-bond acceptors (Lipinski definition) is 3. The van der Waals surface area contributed by atoms with Gasteiger partial charge in [-0.25, -0.2) is 0 Å². The van der Waals surface area contributed by atoms with Crippen LogP contribution in [-0.2, 0) is 16.1 Å². The molecule has 1 saturated heterocycles. The van der Waals surface area contributed by atoms with Crippen LogP contribution in [0.15, 0.2) is 24.9 Å².